The molecule has 0 atom stereocenters. The van der Waals surface area contributed by atoms with Gasteiger partial charge < -0.3 is 14.8 Å². The lowest BCUT2D eigenvalue weighted by Crippen LogP contribution is -2.33. The van der Waals surface area contributed by atoms with E-state index in [0.29, 0.717) is 18.8 Å². The quantitative estimate of drug-likeness (QED) is 0.477. The molecule has 2 heterocycles. The van der Waals surface area contributed by atoms with Crippen LogP contribution in [0.2, 0.25) is 0 Å². The van der Waals surface area contributed by atoms with Crippen LogP contribution in [0.1, 0.15) is 24.3 Å². The number of carbonyl (C=O) groups is 2. The number of hydrogen-bond acceptors (Lipinski definition) is 3. The summed E-state index contributed by atoms with van der Waals surface area (Å²) in [5.74, 6) is -0.747. The highest BCUT2D eigenvalue weighted by Crippen LogP contribution is 2.21. The summed E-state index contributed by atoms with van der Waals surface area (Å²) in [6.45, 7) is 5.55. The Morgan fingerprint density at radius 1 is 1.03 bits per heavy atom. The van der Waals surface area contributed by atoms with E-state index in [1.54, 1.807) is 35.4 Å². The molecule has 0 aliphatic heterocycles. The van der Waals surface area contributed by atoms with Gasteiger partial charge in [-0.15, -0.1) is 0 Å². The average molecular weight is 433 g/mol. The molecule has 0 unspecified atom stereocenters. The first kappa shape index (κ1) is 21.3. The minimum atomic E-state index is -0.419. The van der Waals surface area contributed by atoms with Gasteiger partial charge in [-0.3, -0.25) is 9.59 Å². The number of hydrogen-bond donors (Lipinski definition) is 1. The molecule has 1 N–H and O–H groups in total. The summed E-state index contributed by atoms with van der Waals surface area (Å²) in [4.78, 5) is 26.9. The molecule has 2 amide bonds. The number of para-hydroxylation sites is 1. The fourth-order valence-electron chi connectivity index (χ4n) is 3.65. The molecule has 0 aliphatic rings. The van der Waals surface area contributed by atoms with Crippen molar-refractivity contribution in [3.8, 4) is 5.69 Å². The maximum absolute atomic E-state index is 14.0. The highest BCUT2D eigenvalue weighted by molar-refractivity contribution is 6.03. The molecule has 0 saturated heterocycles. The number of aromatic nitrogens is 3. The van der Waals surface area contributed by atoms with Crippen molar-refractivity contribution in [3.05, 3.63) is 78.5 Å². The first-order valence-electron chi connectivity index (χ1n) is 10.5. The predicted molar refractivity (Wildman–Crippen MR) is 121 cm³/mol. The topological polar surface area (TPSA) is 72.2 Å². The van der Waals surface area contributed by atoms with Gasteiger partial charge in [0.05, 0.1) is 0 Å². The second-order valence-electron chi connectivity index (χ2n) is 7.33. The van der Waals surface area contributed by atoms with E-state index in [1.807, 2.05) is 42.8 Å². The fourth-order valence-corrected chi connectivity index (χ4v) is 3.65. The van der Waals surface area contributed by atoms with Crippen molar-refractivity contribution in [3.63, 3.8) is 0 Å². The molecule has 0 saturated carbocycles. The van der Waals surface area contributed by atoms with Crippen molar-refractivity contribution in [2.75, 3.05) is 18.4 Å². The smallest absolute Gasteiger partial charge is 0.276 e. The number of anilines is 1. The summed E-state index contributed by atoms with van der Waals surface area (Å²) >= 11 is 0. The van der Waals surface area contributed by atoms with Gasteiger partial charge in [-0.05, 0) is 56.3 Å². The summed E-state index contributed by atoms with van der Waals surface area (Å²) in [7, 11) is 0. The van der Waals surface area contributed by atoms with Gasteiger partial charge >= 0.3 is 0 Å². The number of halogens is 1. The molecule has 8 heteroatoms. The molecule has 0 bridgehead atoms. The zero-order valence-electron chi connectivity index (χ0n) is 18.0. The van der Waals surface area contributed by atoms with Gasteiger partial charge in [-0.1, -0.05) is 12.1 Å². The van der Waals surface area contributed by atoms with Gasteiger partial charge in [0.1, 0.15) is 18.0 Å². The lowest BCUT2D eigenvalue weighted by Gasteiger charge is -2.19. The normalized spacial score (nSPS) is 11.0. The molecule has 7 nitrogen and oxygen atoms in total. The lowest BCUT2D eigenvalue weighted by atomic mass is 10.2. The highest BCUT2D eigenvalue weighted by Gasteiger charge is 2.14. The third-order valence-electron chi connectivity index (χ3n) is 5.37. The van der Waals surface area contributed by atoms with Crippen LogP contribution in [0.3, 0.4) is 0 Å². The van der Waals surface area contributed by atoms with Crippen LogP contribution in [0, 0.1) is 5.82 Å². The Kier molecular flexibility index (Phi) is 6.02. The molecular formula is C24H24FN5O2. The van der Waals surface area contributed by atoms with Crippen LogP contribution >= 0.6 is 0 Å². The summed E-state index contributed by atoms with van der Waals surface area (Å²) in [5, 5.41) is 7.92. The number of amides is 2. The Bertz CT molecular complexity index is 1270. The largest absolute Gasteiger partial charge is 0.342 e. The third kappa shape index (κ3) is 4.25. The fraction of sp³-hybridized carbons (Fsp3) is 0.208. The number of rotatable bonds is 7. The van der Waals surface area contributed by atoms with Crippen LogP contribution in [-0.2, 0) is 11.3 Å². The Labute approximate surface area is 185 Å². The minimum Gasteiger partial charge on any atom is -0.342 e. The molecule has 164 valence electrons. The number of carbonyl (C=O) groups excluding carboxylic acids is 2. The standard InChI is InChI=1S/C24H24FN5O2/c1-3-28(4-2)23(31)16-29-13-11-17-15-18(9-10-21(17)29)26-24(32)20-12-14-30(27-20)22-8-6-5-7-19(22)25/h5-15H,3-4,16H2,1-2H3,(H,26,32). The lowest BCUT2D eigenvalue weighted by molar-refractivity contribution is -0.131. The molecule has 0 radical (unpaired) electrons. The van der Waals surface area contributed by atoms with Gasteiger partial charge in [0.2, 0.25) is 5.91 Å². The first-order chi connectivity index (χ1) is 15.5. The van der Waals surface area contributed by atoms with Crippen molar-refractivity contribution in [1.29, 1.82) is 0 Å². The number of benzene rings is 2. The van der Waals surface area contributed by atoms with Crippen molar-refractivity contribution < 1.29 is 14.0 Å². The maximum Gasteiger partial charge on any atom is 0.276 e. The molecule has 4 aromatic rings. The van der Waals surface area contributed by atoms with E-state index in [2.05, 4.69) is 10.4 Å². The molecule has 0 fully saturated rings. The first-order valence-corrected chi connectivity index (χ1v) is 10.5. The molecule has 0 aliphatic carbocycles. The molecule has 2 aromatic carbocycles. The van der Waals surface area contributed by atoms with Crippen molar-refractivity contribution in [2.45, 2.75) is 20.4 Å². The third-order valence-corrected chi connectivity index (χ3v) is 5.37. The second kappa shape index (κ2) is 9.05. The van der Waals surface area contributed by atoms with Gasteiger partial charge in [-0.25, -0.2) is 9.07 Å². The van der Waals surface area contributed by atoms with Crippen LogP contribution in [0.15, 0.2) is 67.0 Å². The van der Waals surface area contributed by atoms with E-state index in [9.17, 15) is 14.0 Å². The Morgan fingerprint density at radius 3 is 2.56 bits per heavy atom. The number of nitrogens with one attached hydrogen (secondary N) is 1. The molecular weight excluding hydrogens is 409 g/mol. The SMILES string of the molecule is CCN(CC)C(=O)Cn1ccc2cc(NC(=O)c3ccn(-c4ccccc4F)n3)ccc21. The van der Waals surface area contributed by atoms with Gasteiger partial charge in [0.25, 0.3) is 5.91 Å². The van der Waals surface area contributed by atoms with Gasteiger partial charge in [0, 0.05) is 42.1 Å². The summed E-state index contributed by atoms with van der Waals surface area (Å²) in [6.07, 6.45) is 3.41. The van der Waals surface area contributed by atoms with E-state index in [-0.39, 0.29) is 23.8 Å². The summed E-state index contributed by atoms with van der Waals surface area (Å²) < 4.78 is 17.2. The van der Waals surface area contributed by atoms with Crippen LogP contribution in [0.4, 0.5) is 10.1 Å². The highest BCUT2D eigenvalue weighted by atomic mass is 19.1. The van der Waals surface area contributed by atoms with Gasteiger partial charge in [0.15, 0.2) is 5.69 Å². The summed E-state index contributed by atoms with van der Waals surface area (Å²) in [6, 6.07) is 15.2. The molecule has 2 aromatic heterocycles. The predicted octanol–water partition coefficient (Wildman–Crippen LogP) is 4.09. The average Bonchev–Trinajstić information content (AvgIpc) is 3.43. The number of fused-ring (bicyclic) bond motifs is 1. The van der Waals surface area contributed by atoms with Crippen LogP contribution in [-0.4, -0.2) is 44.2 Å². The zero-order valence-corrected chi connectivity index (χ0v) is 18.0. The molecule has 0 spiro atoms. The van der Waals surface area contributed by atoms with Crippen LogP contribution in [0.25, 0.3) is 16.6 Å². The second-order valence-corrected chi connectivity index (χ2v) is 7.33. The van der Waals surface area contributed by atoms with E-state index < -0.39 is 11.7 Å². The Morgan fingerprint density at radius 2 is 1.81 bits per heavy atom. The van der Waals surface area contributed by atoms with E-state index >= 15 is 0 Å². The zero-order chi connectivity index (χ0) is 22.7. The maximum atomic E-state index is 14.0. The van der Waals surface area contributed by atoms with E-state index in [1.165, 1.54) is 16.8 Å². The Balaban J connectivity index is 1.49. The molecule has 32 heavy (non-hydrogen) atoms. The number of likely N-dealkylation sites (N-methyl/N-ethyl adjacent to an activating group) is 1. The van der Waals surface area contributed by atoms with E-state index in [4.69, 9.17) is 0 Å². The minimum absolute atomic E-state index is 0.0651. The van der Waals surface area contributed by atoms with Crippen LogP contribution < -0.4 is 5.32 Å². The van der Waals surface area contributed by atoms with Crippen molar-refractivity contribution in [1.82, 2.24) is 19.2 Å². The van der Waals surface area contributed by atoms with E-state index in [0.717, 1.165) is 10.9 Å². The van der Waals surface area contributed by atoms with Crippen molar-refractivity contribution in [2.24, 2.45) is 0 Å². The van der Waals surface area contributed by atoms with Crippen molar-refractivity contribution >= 4 is 28.4 Å². The van der Waals surface area contributed by atoms with Crippen LogP contribution in [0.5, 0.6) is 0 Å². The molecule has 4 rings (SSSR count). The Hall–Kier alpha value is -3.94. The summed E-state index contributed by atoms with van der Waals surface area (Å²) in [5.41, 5.74) is 1.97. The number of nitrogens with zero attached hydrogens (tertiary/aromatic N) is 4. The monoisotopic (exact) mass is 433 g/mol. The van der Waals surface area contributed by atoms with Gasteiger partial charge in [-0.2, -0.15) is 5.10 Å².